The number of rotatable bonds is 0. The summed E-state index contributed by atoms with van der Waals surface area (Å²) < 4.78 is 2.18. The maximum atomic E-state index is 6.04. The van der Waals surface area contributed by atoms with Crippen LogP contribution >= 0.6 is 0 Å². The molecule has 0 saturated carbocycles. The third kappa shape index (κ3) is 1.73. The Balaban J connectivity index is 2.33. The van der Waals surface area contributed by atoms with Crippen molar-refractivity contribution in [3.8, 4) is 0 Å². The molecule has 0 aromatic carbocycles. The van der Waals surface area contributed by atoms with Crippen LogP contribution in [0.3, 0.4) is 0 Å². The number of nitrogens with zero attached hydrogens (tertiary/aromatic N) is 2. The topological polar surface area (TPSA) is 55.9 Å². The molecule has 4 heteroatoms. The van der Waals surface area contributed by atoms with Crippen LogP contribution in [0.2, 0.25) is 0 Å². The number of fused-ring (bicyclic) bond motifs is 1. The Bertz CT molecular complexity index is 313. The second-order valence-electron chi connectivity index (χ2n) is 4.01. The van der Waals surface area contributed by atoms with Gasteiger partial charge in [-0.25, -0.2) is 4.98 Å². The lowest BCUT2D eigenvalue weighted by molar-refractivity contribution is 0.375. The summed E-state index contributed by atoms with van der Waals surface area (Å²) in [5, 5.41) is 3.29. The average molecular weight is 180 g/mol. The van der Waals surface area contributed by atoms with Crippen LogP contribution in [0.1, 0.15) is 18.4 Å². The molecule has 0 bridgehead atoms. The fourth-order valence-corrected chi connectivity index (χ4v) is 1.78. The second kappa shape index (κ2) is 2.82. The van der Waals surface area contributed by atoms with E-state index >= 15 is 0 Å². The zero-order chi connectivity index (χ0) is 9.47. The Hall–Kier alpha value is -0.870. The SMILES string of the molecule is Cc1cn2c(n1)CC(C)(N)NCC2. The summed E-state index contributed by atoms with van der Waals surface area (Å²) in [5.41, 5.74) is 6.80. The van der Waals surface area contributed by atoms with Crippen LogP contribution in [0.15, 0.2) is 6.20 Å². The van der Waals surface area contributed by atoms with Crippen molar-refractivity contribution < 1.29 is 0 Å². The summed E-state index contributed by atoms with van der Waals surface area (Å²) in [7, 11) is 0. The van der Waals surface area contributed by atoms with Crippen molar-refractivity contribution in [1.29, 1.82) is 0 Å². The van der Waals surface area contributed by atoms with Crippen molar-refractivity contribution in [3.63, 3.8) is 0 Å². The van der Waals surface area contributed by atoms with Gasteiger partial charge in [0.1, 0.15) is 5.82 Å². The molecule has 1 atom stereocenters. The normalized spacial score (nSPS) is 28.2. The van der Waals surface area contributed by atoms with E-state index in [2.05, 4.69) is 21.1 Å². The van der Waals surface area contributed by atoms with Gasteiger partial charge in [-0.1, -0.05) is 0 Å². The minimum atomic E-state index is -0.313. The Labute approximate surface area is 78.1 Å². The predicted octanol–water partition coefficient (Wildman–Crippen LogP) is 0.0121. The molecule has 1 aliphatic heterocycles. The van der Waals surface area contributed by atoms with E-state index in [0.29, 0.717) is 0 Å². The third-order valence-electron chi connectivity index (χ3n) is 2.39. The predicted molar refractivity (Wildman–Crippen MR) is 51.3 cm³/mol. The van der Waals surface area contributed by atoms with Crippen molar-refractivity contribution in [2.45, 2.75) is 32.5 Å². The van der Waals surface area contributed by atoms with Gasteiger partial charge in [0, 0.05) is 25.7 Å². The summed E-state index contributed by atoms with van der Waals surface area (Å²) in [4.78, 5) is 4.45. The minimum absolute atomic E-state index is 0.313. The Morgan fingerprint density at radius 2 is 2.46 bits per heavy atom. The molecular weight excluding hydrogens is 164 g/mol. The lowest BCUT2D eigenvalue weighted by atomic mass is 10.1. The van der Waals surface area contributed by atoms with Crippen molar-refractivity contribution in [2.24, 2.45) is 5.73 Å². The van der Waals surface area contributed by atoms with Gasteiger partial charge in [0.25, 0.3) is 0 Å². The van der Waals surface area contributed by atoms with Gasteiger partial charge in [-0.2, -0.15) is 0 Å². The minimum Gasteiger partial charge on any atom is -0.333 e. The molecule has 13 heavy (non-hydrogen) atoms. The number of hydrogen-bond acceptors (Lipinski definition) is 3. The van der Waals surface area contributed by atoms with Gasteiger partial charge in [-0.05, 0) is 13.8 Å². The molecule has 2 heterocycles. The lowest BCUT2D eigenvalue weighted by Gasteiger charge is -2.22. The maximum absolute atomic E-state index is 6.04. The van der Waals surface area contributed by atoms with E-state index in [-0.39, 0.29) is 5.66 Å². The number of aryl methyl sites for hydroxylation is 1. The molecule has 0 aliphatic carbocycles. The van der Waals surface area contributed by atoms with Gasteiger partial charge < -0.3 is 10.3 Å². The van der Waals surface area contributed by atoms with E-state index < -0.39 is 0 Å². The van der Waals surface area contributed by atoms with E-state index in [1.54, 1.807) is 0 Å². The summed E-state index contributed by atoms with van der Waals surface area (Å²) in [5.74, 6) is 1.09. The van der Waals surface area contributed by atoms with Crippen LogP contribution in [-0.4, -0.2) is 21.8 Å². The highest BCUT2D eigenvalue weighted by Gasteiger charge is 2.24. The van der Waals surface area contributed by atoms with Crippen LogP contribution in [0.4, 0.5) is 0 Å². The zero-order valence-electron chi connectivity index (χ0n) is 8.17. The standard InChI is InChI=1S/C9H16N4/c1-7-6-13-4-3-11-9(2,10)5-8(13)12-7/h6,11H,3-5,10H2,1-2H3. The Morgan fingerprint density at radius 1 is 1.69 bits per heavy atom. The van der Waals surface area contributed by atoms with Gasteiger partial charge in [-0.15, -0.1) is 0 Å². The lowest BCUT2D eigenvalue weighted by Crippen LogP contribution is -2.52. The van der Waals surface area contributed by atoms with Crippen molar-refractivity contribution in [3.05, 3.63) is 17.7 Å². The van der Waals surface area contributed by atoms with E-state index in [4.69, 9.17) is 5.73 Å². The van der Waals surface area contributed by atoms with Crippen LogP contribution in [-0.2, 0) is 13.0 Å². The van der Waals surface area contributed by atoms with Crippen LogP contribution < -0.4 is 11.1 Å². The molecule has 4 nitrogen and oxygen atoms in total. The molecule has 0 spiro atoms. The second-order valence-corrected chi connectivity index (χ2v) is 4.01. The first-order valence-corrected chi connectivity index (χ1v) is 4.63. The molecule has 3 N–H and O–H groups in total. The largest absolute Gasteiger partial charge is 0.333 e. The first kappa shape index (κ1) is 8.72. The molecule has 1 aromatic rings. The van der Waals surface area contributed by atoms with Gasteiger partial charge in [0.05, 0.1) is 11.4 Å². The van der Waals surface area contributed by atoms with Crippen molar-refractivity contribution in [1.82, 2.24) is 14.9 Å². The zero-order valence-corrected chi connectivity index (χ0v) is 8.17. The molecule has 0 fully saturated rings. The fraction of sp³-hybridized carbons (Fsp3) is 0.667. The summed E-state index contributed by atoms with van der Waals surface area (Å²) in [6, 6.07) is 0. The number of nitrogens with one attached hydrogen (secondary N) is 1. The smallest absolute Gasteiger partial charge is 0.112 e. The fourth-order valence-electron chi connectivity index (χ4n) is 1.78. The first-order valence-electron chi connectivity index (χ1n) is 4.63. The van der Waals surface area contributed by atoms with E-state index in [9.17, 15) is 0 Å². The quantitative estimate of drug-likeness (QED) is 0.591. The molecule has 0 saturated heterocycles. The van der Waals surface area contributed by atoms with Crippen LogP contribution in [0, 0.1) is 6.92 Å². The maximum Gasteiger partial charge on any atom is 0.112 e. The molecule has 2 rings (SSSR count). The van der Waals surface area contributed by atoms with Gasteiger partial charge in [0.2, 0.25) is 0 Å². The number of imidazole rings is 1. The highest BCUT2D eigenvalue weighted by Crippen LogP contribution is 2.12. The van der Waals surface area contributed by atoms with Gasteiger partial charge in [0.15, 0.2) is 0 Å². The number of nitrogens with two attached hydrogens (primary N) is 1. The van der Waals surface area contributed by atoms with E-state index in [1.807, 2.05) is 13.8 Å². The molecule has 1 aliphatic rings. The molecule has 0 amide bonds. The molecule has 1 unspecified atom stereocenters. The van der Waals surface area contributed by atoms with Gasteiger partial charge in [-0.3, -0.25) is 5.32 Å². The number of hydrogen-bond donors (Lipinski definition) is 2. The molecule has 72 valence electrons. The Kier molecular flexibility index (Phi) is 1.89. The summed E-state index contributed by atoms with van der Waals surface area (Å²) >= 11 is 0. The highest BCUT2D eigenvalue weighted by atomic mass is 15.2. The van der Waals surface area contributed by atoms with Gasteiger partial charge >= 0.3 is 0 Å². The monoisotopic (exact) mass is 180 g/mol. The molecule has 0 radical (unpaired) electrons. The third-order valence-corrected chi connectivity index (χ3v) is 2.39. The molecular formula is C9H16N4. The van der Waals surface area contributed by atoms with Crippen molar-refractivity contribution >= 4 is 0 Å². The Morgan fingerprint density at radius 3 is 3.23 bits per heavy atom. The van der Waals surface area contributed by atoms with E-state index in [0.717, 1.165) is 31.0 Å². The van der Waals surface area contributed by atoms with Crippen LogP contribution in [0.25, 0.3) is 0 Å². The van der Waals surface area contributed by atoms with Crippen molar-refractivity contribution in [2.75, 3.05) is 6.54 Å². The van der Waals surface area contributed by atoms with E-state index in [1.165, 1.54) is 0 Å². The summed E-state index contributed by atoms with van der Waals surface area (Å²) in [6.45, 7) is 5.90. The van der Waals surface area contributed by atoms with Crippen LogP contribution in [0.5, 0.6) is 0 Å². The summed E-state index contributed by atoms with van der Waals surface area (Å²) in [6.07, 6.45) is 2.87. The highest BCUT2D eigenvalue weighted by molar-refractivity contribution is 5.07. The average Bonchev–Trinajstić information content (AvgIpc) is 2.23. The number of aromatic nitrogens is 2. The molecule has 1 aromatic heterocycles. The first-order chi connectivity index (χ1) is 6.07.